The minimum Gasteiger partial charge on any atom is -0.444 e. The summed E-state index contributed by atoms with van der Waals surface area (Å²) in [6.07, 6.45) is 0. The highest BCUT2D eigenvalue weighted by molar-refractivity contribution is 5.94. The number of aliphatic imine (C=N–C) groups is 1. The average Bonchev–Trinajstić information content (AvgIpc) is 3.01. The van der Waals surface area contributed by atoms with Crippen LogP contribution in [0.5, 0.6) is 0 Å². The summed E-state index contributed by atoms with van der Waals surface area (Å²) in [5.41, 5.74) is 2.50. The molecule has 0 aliphatic carbocycles. The standard InChI is InChI=1S/C21H32N6O2/c1-6-22-21(25-14-19-26-15(2)16(3)29-19)24-13-17-8-7-9-18(12-17)20(28)23-10-11-27(4)5/h7-9,12H,6,10-11,13-14H2,1-5H3,(H,23,28)(H2,22,24,25). The number of guanidine groups is 1. The van der Waals surface area contributed by atoms with E-state index in [0.717, 1.165) is 30.1 Å². The third-order valence-electron chi connectivity index (χ3n) is 4.28. The number of likely N-dealkylation sites (N-methyl/N-ethyl adjacent to an activating group) is 1. The predicted octanol–water partition coefficient (Wildman–Crippen LogP) is 1.84. The molecule has 0 aliphatic heterocycles. The molecule has 2 aromatic rings. The smallest absolute Gasteiger partial charge is 0.251 e. The van der Waals surface area contributed by atoms with E-state index in [9.17, 15) is 4.79 Å². The Morgan fingerprint density at radius 1 is 1.21 bits per heavy atom. The SMILES string of the molecule is CCNC(=NCc1cccc(C(=O)NCCN(C)C)c1)NCc1nc(C)c(C)o1. The van der Waals surface area contributed by atoms with Crippen molar-refractivity contribution in [3.8, 4) is 0 Å². The zero-order chi connectivity index (χ0) is 21.2. The summed E-state index contributed by atoms with van der Waals surface area (Å²) in [5, 5.41) is 9.36. The Kier molecular flexibility index (Phi) is 8.67. The van der Waals surface area contributed by atoms with E-state index in [1.54, 1.807) is 0 Å². The number of hydrogen-bond acceptors (Lipinski definition) is 5. The van der Waals surface area contributed by atoms with Crippen LogP contribution in [0.1, 0.15) is 40.2 Å². The van der Waals surface area contributed by atoms with Crippen molar-refractivity contribution in [1.82, 2.24) is 25.8 Å². The van der Waals surface area contributed by atoms with Crippen molar-refractivity contribution in [2.75, 3.05) is 33.7 Å². The Morgan fingerprint density at radius 2 is 2.00 bits per heavy atom. The summed E-state index contributed by atoms with van der Waals surface area (Å²) in [5.74, 6) is 2.05. The van der Waals surface area contributed by atoms with E-state index in [0.29, 0.717) is 37.0 Å². The topological polar surface area (TPSA) is 94.8 Å². The van der Waals surface area contributed by atoms with Gasteiger partial charge in [-0.1, -0.05) is 12.1 Å². The van der Waals surface area contributed by atoms with Crippen molar-refractivity contribution in [3.63, 3.8) is 0 Å². The van der Waals surface area contributed by atoms with Crippen LogP contribution in [-0.2, 0) is 13.1 Å². The fourth-order valence-electron chi connectivity index (χ4n) is 2.59. The Balaban J connectivity index is 1.96. The molecule has 29 heavy (non-hydrogen) atoms. The summed E-state index contributed by atoms with van der Waals surface area (Å²) >= 11 is 0. The maximum Gasteiger partial charge on any atom is 0.251 e. The maximum atomic E-state index is 12.3. The third kappa shape index (κ3) is 7.57. The van der Waals surface area contributed by atoms with Crippen molar-refractivity contribution in [2.45, 2.75) is 33.9 Å². The second-order valence-electron chi connectivity index (χ2n) is 7.06. The molecule has 1 aromatic carbocycles. The van der Waals surface area contributed by atoms with Gasteiger partial charge in [-0.2, -0.15) is 0 Å². The molecule has 1 heterocycles. The number of aromatic nitrogens is 1. The average molecular weight is 401 g/mol. The first-order chi connectivity index (χ1) is 13.9. The van der Waals surface area contributed by atoms with Gasteiger partial charge in [0, 0.05) is 25.2 Å². The van der Waals surface area contributed by atoms with Gasteiger partial charge in [-0.05, 0) is 52.6 Å². The number of carbonyl (C=O) groups is 1. The van der Waals surface area contributed by atoms with Crippen LogP contribution < -0.4 is 16.0 Å². The molecule has 3 N–H and O–H groups in total. The summed E-state index contributed by atoms with van der Waals surface area (Å²) < 4.78 is 5.59. The van der Waals surface area contributed by atoms with E-state index in [4.69, 9.17) is 4.42 Å². The zero-order valence-electron chi connectivity index (χ0n) is 18.0. The normalized spacial score (nSPS) is 11.6. The number of rotatable bonds is 9. The van der Waals surface area contributed by atoms with Crippen molar-refractivity contribution >= 4 is 11.9 Å². The molecular formula is C21H32N6O2. The molecule has 0 aliphatic rings. The number of oxazole rings is 1. The summed E-state index contributed by atoms with van der Waals surface area (Å²) in [4.78, 5) is 23.3. The molecule has 0 fully saturated rings. The van der Waals surface area contributed by atoms with Crippen molar-refractivity contribution in [1.29, 1.82) is 0 Å². The van der Waals surface area contributed by atoms with Crippen LogP contribution in [0.2, 0.25) is 0 Å². The third-order valence-corrected chi connectivity index (χ3v) is 4.28. The van der Waals surface area contributed by atoms with E-state index in [1.807, 2.05) is 64.0 Å². The first-order valence-electron chi connectivity index (χ1n) is 9.86. The summed E-state index contributed by atoms with van der Waals surface area (Å²) in [6, 6.07) is 7.53. The molecule has 158 valence electrons. The van der Waals surface area contributed by atoms with E-state index < -0.39 is 0 Å². The molecule has 1 amide bonds. The van der Waals surface area contributed by atoms with Crippen molar-refractivity contribution in [2.24, 2.45) is 4.99 Å². The van der Waals surface area contributed by atoms with Gasteiger partial charge >= 0.3 is 0 Å². The van der Waals surface area contributed by atoms with E-state index in [1.165, 1.54) is 0 Å². The van der Waals surface area contributed by atoms with Crippen LogP contribution in [-0.4, -0.2) is 55.5 Å². The lowest BCUT2D eigenvalue weighted by molar-refractivity contribution is 0.0951. The first-order valence-corrected chi connectivity index (χ1v) is 9.86. The van der Waals surface area contributed by atoms with Crippen LogP contribution >= 0.6 is 0 Å². The predicted molar refractivity (Wildman–Crippen MR) is 115 cm³/mol. The minimum atomic E-state index is -0.0719. The lowest BCUT2D eigenvalue weighted by Crippen LogP contribution is -2.36. The van der Waals surface area contributed by atoms with Crippen molar-refractivity contribution in [3.05, 3.63) is 52.7 Å². The van der Waals surface area contributed by atoms with E-state index in [-0.39, 0.29) is 5.91 Å². The van der Waals surface area contributed by atoms with Gasteiger partial charge in [0.1, 0.15) is 5.76 Å². The molecule has 0 saturated carbocycles. The highest BCUT2D eigenvalue weighted by Gasteiger charge is 2.08. The molecule has 0 bridgehead atoms. The zero-order valence-corrected chi connectivity index (χ0v) is 18.0. The van der Waals surface area contributed by atoms with Crippen LogP contribution in [0.3, 0.4) is 0 Å². The fraction of sp³-hybridized carbons (Fsp3) is 0.476. The molecule has 8 heteroatoms. The lowest BCUT2D eigenvalue weighted by atomic mass is 10.1. The molecule has 0 unspecified atom stereocenters. The number of nitrogens with one attached hydrogen (secondary N) is 3. The largest absolute Gasteiger partial charge is 0.444 e. The molecule has 0 spiro atoms. The number of aryl methyl sites for hydroxylation is 2. The van der Waals surface area contributed by atoms with Crippen molar-refractivity contribution < 1.29 is 9.21 Å². The molecule has 1 aromatic heterocycles. The van der Waals surface area contributed by atoms with Crippen LogP contribution in [0.25, 0.3) is 0 Å². The Bertz CT molecular complexity index is 809. The second kappa shape index (κ2) is 11.2. The van der Waals surface area contributed by atoms with Gasteiger partial charge in [-0.15, -0.1) is 0 Å². The summed E-state index contributed by atoms with van der Waals surface area (Å²) in [6.45, 7) is 8.89. The molecule has 2 rings (SSSR count). The minimum absolute atomic E-state index is 0.0719. The monoisotopic (exact) mass is 400 g/mol. The van der Waals surface area contributed by atoms with Gasteiger partial charge in [0.15, 0.2) is 5.96 Å². The van der Waals surface area contributed by atoms with Crippen LogP contribution in [0.4, 0.5) is 0 Å². The van der Waals surface area contributed by atoms with Crippen LogP contribution in [0, 0.1) is 13.8 Å². The number of carbonyl (C=O) groups excluding carboxylic acids is 1. The van der Waals surface area contributed by atoms with E-state index >= 15 is 0 Å². The van der Waals surface area contributed by atoms with Gasteiger partial charge in [0.2, 0.25) is 5.89 Å². The second-order valence-corrected chi connectivity index (χ2v) is 7.06. The fourth-order valence-corrected chi connectivity index (χ4v) is 2.59. The Hall–Kier alpha value is -2.87. The Labute approximate surface area is 172 Å². The van der Waals surface area contributed by atoms with E-state index in [2.05, 4.69) is 25.9 Å². The first kappa shape index (κ1) is 22.4. The quantitative estimate of drug-likeness (QED) is 0.439. The molecule has 0 atom stereocenters. The maximum absolute atomic E-state index is 12.3. The molecule has 0 radical (unpaired) electrons. The highest BCUT2D eigenvalue weighted by atomic mass is 16.4. The highest BCUT2D eigenvalue weighted by Crippen LogP contribution is 2.08. The number of amides is 1. The molecule has 0 saturated heterocycles. The number of nitrogens with zero attached hydrogens (tertiary/aromatic N) is 3. The van der Waals surface area contributed by atoms with Gasteiger partial charge in [-0.25, -0.2) is 9.98 Å². The molecule has 8 nitrogen and oxygen atoms in total. The number of benzene rings is 1. The lowest BCUT2D eigenvalue weighted by Gasteiger charge is -2.11. The van der Waals surface area contributed by atoms with Gasteiger partial charge in [0.05, 0.1) is 18.8 Å². The number of hydrogen-bond donors (Lipinski definition) is 3. The van der Waals surface area contributed by atoms with Gasteiger partial charge in [0.25, 0.3) is 5.91 Å². The van der Waals surface area contributed by atoms with Gasteiger partial charge < -0.3 is 25.3 Å². The summed E-state index contributed by atoms with van der Waals surface area (Å²) in [7, 11) is 3.95. The van der Waals surface area contributed by atoms with Crippen LogP contribution in [0.15, 0.2) is 33.7 Å². The Morgan fingerprint density at radius 3 is 2.66 bits per heavy atom. The molecular weight excluding hydrogens is 368 g/mol. The van der Waals surface area contributed by atoms with Gasteiger partial charge in [-0.3, -0.25) is 4.79 Å².